The smallest absolute Gasteiger partial charge is 0.289 e. The molecule has 2 N–H and O–H groups in total. The maximum absolute atomic E-state index is 13.4. The van der Waals surface area contributed by atoms with Crippen molar-refractivity contribution in [2.24, 2.45) is 0 Å². The van der Waals surface area contributed by atoms with E-state index in [2.05, 4.69) is 92.9 Å². The molecule has 0 saturated heterocycles. The fourth-order valence-corrected chi connectivity index (χ4v) is 6.73. The van der Waals surface area contributed by atoms with E-state index in [4.69, 9.17) is 9.97 Å². The van der Waals surface area contributed by atoms with Crippen LogP contribution in [0.25, 0.3) is 33.2 Å². The number of hydrogen-bond acceptors (Lipinski definition) is 4. The second-order valence-electron chi connectivity index (χ2n) is 11.9. The van der Waals surface area contributed by atoms with Crippen LogP contribution >= 0.6 is 0 Å². The lowest BCUT2D eigenvalue weighted by molar-refractivity contribution is 0.0930. The van der Waals surface area contributed by atoms with Crippen molar-refractivity contribution in [2.75, 3.05) is 0 Å². The van der Waals surface area contributed by atoms with Crippen molar-refractivity contribution in [3.8, 4) is 11.3 Å². The average Bonchev–Trinajstić information content (AvgIpc) is 3.75. The highest BCUT2D eigenvalue weighted by Crippen LogP contribution is 2.44. The topological polar surface area (TPSA) is 88.5 Å². The van der Waals surface area contributed by atoms with Gasteiger partial charge in [0.05, 0.1) is 28.3 Å². The summed E-state index contributed by atoms with van der Waals surface area (Å²) in [6.45, 7) is 1.96. The molecule has 1 atom stereocenters. The predicted octanol–water partition coefficient (Wildman–Crippen LogP) is 8.31. The fourth-order valence-electron chi connectivity index (χ4n) is 6.73. The lowest BCUT2D eigenvalue weighted by atomic mass is 9.77. The summed E-state index contributed by atoms with van der Waals surface area (Å²) in [7, 11) is 0. The van der Waals surface area contributed by atoms with Crippen molar-refractivity contribution in [3.63, 3.8) is 0 Å². The van der Waals surface area contributed by atoms with Gasteiger partial charge < -0.3 is 5.32 Å². The van der Waals surface area contributed by atoms with E-state index in [0.29, 0.717) is 11.0 Å². The lowest BCUT2D eigenvalue weighted by Crippen LogP contribution is -2.38. The van der Waals surface area contributed by atoms with Crippen LogP contribution in [0.1, 0.15) is 45.8 Å². The molecule has 8 aromatic rings. The van der Waals surface area contributed by atoms with E-state index < -0.39 is 5.54 Å². The van der Waals surface area contributed by atoms with Crippen LogP contribution in [-0.4, -0.2) is 30.6 Å². The molecule has 1 amide bonds. The number of rotatable bonds is 8. The van der Waals surface area contributed by atoms with Crippen LogP contribution in [0.4, 0.5) is 0 Å². The van der Waals surface area contributed by atoms with Crippen molar-refractivity contribution in [1.29, 1.82) is 0 Å². The first kappa shape index (κ1) is 29.1. The van der Waals surface area contributed by atoms with Crippen LogP contribution < -0.4 is 5.32 Å². The molecule has 3 heterocycles. The number of hydrogen-bond donors (Lipinski definition) is 2. The molecule has 0 fully saturated rings. The van der Waals surface area contributed by atoms with E-state index in [1.165, 1.54) is 0 Å². The SMILES string of the molecule is CC(NC(=O)c1nc2cc3c(-c4ccncc4)[nH]n(C(c4ccccc4)(c4ccccc4)c4ccccc4)c3cc2n1)c1ccccc1. The van der Waals surface area contributed by atoms with Gasteiger partial charge in [-0.15, -0.1) is 0 Å². The number of aromatic amines is 1. The molecule has 5 aromatic carbocycles. The second-order valence-corrected chi connectivity index (χ2v) is 11.9. The van der Waals surface area contributed by atoms with Gasteiger partial charge in [0.2, 0.25) is 5.82 Å². The van der Waals surface area contributed by atoms with E-state index in [1.807, 2.05) is 79.7 Å². The van der Waals surface area contributed by atoms with Gasteiger partial charge in [0.1, 0.15) is 5.54 Å². The van der Waals surface area contributed by atoms with Crippen LogP contribution in [0.2, 0.25) is 0 Å². The Morgan fingerprint density at radius 2 is 1.19 bits per heavy atom. The molecule has 48 heavy (non-hydrogen) atoms. The Morgan fingerprint density at radius 3 is 1.73 bits per heavy atom. The van der Waals surface area contributed by atoms with Gasteiger partial charge in [-0.25, -0.2) is 9.97 Å². The summed E-state index contributed by atoms with van der Waals surface area (Å²) in [6, 6.07) is 49.3. The van der Waals surface area contributed by atoms with Crippen LogP contribution in [-0.2, 0) is 5.54 Å². The number of fused-ring (bicyclic) bond motifs is 2. The van der Waals surface area contributed by atoms with Crippen molar-refractivity contribution in [1.82, 2.24) is 30.0 Å². The Hall–Kier alpha value is -6.34. The molecule has 0 radical (unpaired) electrons. The molecule has 0 spiro atoms. The van der Waals surface area contributed by atoms with Crippen LogP contribution in [0.5, 0.6) is 0 Å². The number of amides is 1. The number of carbonyl (C=O) groups excluding carboxylic acids is 1. The lowest BCUT2D eigenvalue weighted by Gasteiger charge is -2.37. The third-order valence-corrected chi connectivity index (χ3v) is 9.01. The predicted molar refractivity (Wildman–Crippen MR) is 190 cm³/mol. The zero-order chi connectivity index (χ0) is 32.5. The molecule has 0 aliphatic rings. The Kier molecular flexibility index (Phi) is 7.34. The van der Waals surface area contributed by atoms with Gasteiger partial charge in [0.25, 0.3) is 5.91 Å². The molecule has 3 aromatic heterocycles. The van der Waals surface area contributed by atoms with Gasteiger partial charge in [-0.1, -0.05) is 121 Å². The fraction of sp³-hybridized carbons (Fsp3) is 0.0732. The van der Waals surface area contributed by atoms with Gasteiger partial charge in [0.15, 0.2) is 0 Å². The number of nitrogens with one attached hydrogen (secondary N) is 2. The maximum atomic E-state index is 13.4. The van der Waals surface area contributed by atoms with Gasteiger partial charge in [0, 0.05) is 23.3 Å². The largest absolute Gasteiger partial charge is 0.343 e. The van der Waals surface area contributed by atoms with Gasteiger partial charge in [-0.05, 0) is 53.4 Å². The van der Waals surface area contributed by atoms with E-state index in [9.17, 15) is 4.79 Å². The summed E-state index contributed by atoms with van der Waals surface area (Å²) in [5, 5.41) is 7.86. The minimum Gasteiger partial charge on any atom is -0.343 e. The molecule has 232 valence electrons. The molecular weight excluding hydrogens is 592 g/mol. The Bertz CT molecular complexity index is 2240. The highest BCUT2D eigenvalue weighted by molar-refractivity contribution is 6.03. The monoisotopic (exact) mass is 624 g/mol. The first-order chi connectivity index (χ1) is 23.6. The third-order valence-electron chi connectivity index (χ3n) is 9.01. The van der Waals surface area contributed by atoms with Crippen LogP contribution in [0.3, 0.4) is 0 Å². The number of pyridine rings is 1. The molecule has 7 nitrogen and oxygen atoms in total. The van der Waals surface area contributed by atoms with E-state index in [0.717, 1.165) is 44.4 Å². The summed E-state index contributed by atoms with van der Waals surface area (Å²) in [5.74, 6) is -0.176. The first-order valence-corrected chi connectivity index (χ1v) is 16.0. The molecule has 0 saturated carbocycles. The average molecular weight is 625 g/mol. The Labute approximate surface area is 278 Å². The standard InChI is InChI=1S/C41H32N6O/c1-28(29-14-6-2-7-15-29)43-40(48)39-44-35-26-34-37(27-36(35)45-39)47(46-38(34)30-22-24-42-25-23-30)41(31-16-8-3-9-17-31,32-18-10-4-11-19-32)33-20-12-5-13-21-33/h2-28,46H,1H3,(H,43,48). The number of imidazole rings is 1. The van der Waals surface area contributed by atoms with Crippen molar-refractivity contribution in [2.45, 2.75) is 18.5 Å². The molecule has 0 aliphatic heterocycles. The minimum atomic E-state index is -0.799. The summed E-state index contributed by atoms with van der Waals surface area (Å²) in [4.78, 5) is 27.2. The highest BCUT2D eigenvalue weighted by atomic mass is 16.2. The van der Waals surface area contributed by atoms with Crippen molar-refractivity contribution >= 4 is 27.8 Å². The Morgan fingerprint density at radius 1 is 0.688 bits per heavy atom. The van der Waals surface area contributed by atoms with Crippen molar-refractivity contribution < 1.29 is 4.79 Å². The van der Waals surface area contributed by atoms with Crippen molar-refractivity contribution in [3.05, 3.63) is 186 Å². The highest BCUT2D eigenvalue weighted by Gasteiger charge is 2.40. The summed E-state index contributed by atoms with van der Waals surface area (Å²) >= 11 is 0. The Balaban J connectivity index is 1.39. The first-order valence-electron chi connectivity index (χ1n) is 16.0. The van der Waals surface area contributed by atoms with Crippen LogP contribution in [0.15, 0.2) is 158 Å². The molecule has 7 heteroatoms. The van der Waals surface area contributed by atoms with Gasteiger partial charge in [-0.3, -0.25) is 19.6 Å². The molecule has 0 aliphatic carbocycles. The normalized spacial score (nSPS) is 12.3. The summed E-state index contributed by atoms with van der Waals surface area (Å²) < 4.78 is 2.24. The van der Waals surface area contributed by atoms with Crippen LogP contribution in [0, 0.1) is 0 Å². The number of carbonyl (C=O) groups is 1. The third kappa shape index (κ3) is 4.93. The van der Waals surface area contributed by atoms with E-state index in [-0.39, 0.29) is 17.8 Å². The van der Waals surface area contributed by atoms with E-state index >= 15 is 0 Å². The number of nitrogens with zero attached hydrogens (tertiary/aromatic N) is 4. The zero-order valence-corrected chi connectivity index (χ0v) is 26.3. The molecule has 1 unspecified atom stereocenters. The number of benzene rings is 5. The van der Waals surface area contributed by atoms with E-state index in [1.54, 1.807) is 12.4 Å². The zero-order valence-electron chi connectivity index (χ0n) is 26.3. The molecule has 8 rings (SSSR count). The molecule has 0 bridgehead atoms. The second kappa shape index (κ2) is 12.1. The number of aromatic nitrogens is 5. The number of H-pyrrole nitrogens is 1. The van der Waals surface area contributed by atoms with Gasteiger partial charge >= 0.3 is 0 Å². The quantitative estimate of drug-likeness (QED) is 0.167. The maximum Gasteiger partial charge on any atom is 0.289 e. The summed E-state index contributed by atoms with van der Waals surface area (Å²) in [6.07, 6.45) is 3.59. The molecular formula is C41H32N6O. The summed E-state index contributed by atoms with van der Waals surface area (Å²) in [5.41, 5.74) is 7.55. The van der Waals surface area contributed by atoms with Gasteiger partial charge in [-0.2, -0.15) is 0 Å². The minimum absolute atomic E-state index is 0.141.